The zero-order valence-corrected chi connectivity index (χ0v) is 5.43. The Labute approximate surface area is 54.2 Å². The van der Waals surface area contributed by atoms with Crippen LogP contribution in [0.5, 0.6) is 0 Å². The molecule has 1 radical (unpaired) electrons. The SMILES string of the molecule is O=[SH](=O)Cc1c[c]oc1. The fourth-order valence-electron chi connectivity index (χ4n) is 0.485. The summed E-state index contributed by atoms with van der Waals surface area (Å²) in [4.78, 5) is 0. The van der Waals surface area contributed by atoms with Crippen molar-refractivity contribution < 1.29 is 12.8 Å². The average molecular weight is 145 g/mol. The van der Waals surface area contributed by atoms with Gasteiger partial charge in [-0.05, 0) is 6.07 Å². The Morgan fingerprint density at radius 2 is 2.44 bits per heavy atom. The molecule has 1 aromatic rings. The van der Waals surface area contributed by atoms with Crippen LogP contribution in [0.3, 0.4) is 0 Å². The van der Waals surface area contributed by atoms with Gasteiger partial charge in [0.15, 0.2) is 6.26 Å². The summed E-state index contributed by atoms with van der Waals surface area (Å²) < 4.78 is 24.6. The first kappa shape index (κ1) is 6.35. The van der Waals surface area contributed by atoms with Gasteiger partial charge in [0.2, 0.25) is 0 Å². The van der Waals surface area contributed by atoms with Crippen molar-refractivity contribution in [1.82, 2.24) is 0 Å². The fourth-order valence-corrected chi connectivity index (χ4v) is 0.949. The van der Waals surface area contributed by atoms with E-state index >= 15 is 0 Å². The first-order valence-corrected chi connectivity index (χ1v) is 3.70. The lowest BCUT2D eigenvalue weighted by Gasteiger charge is -1.78. The second kappa shape index (κ2) is 2.68. The predicted octanol–water partition coefficient (Wildman–Crippen LogP) is 0.191. The summed E-state index contributed by atoms with van der Waals surface area (Å²) >= 11 is 0. The van der Waals surface area contributed by atoms with Gasteiger partial charge in [0.05, 0.1) is 12.0 Å². The number of rotatable bonds is 2. The number of hydrogen-bond donors (Lipinski definition) is 1. The van der Waals surface area contributed by atoms with Gasteiger partial charge in [0.1, 0.15) is 10.7 Å². The van der Waals surface area contributed by atoms with Gasteiger partial charge >= 0.3 is 0 Å². The van der Waals surface area contributed by atoms with Crippen LogP contribution in [0.4, 0.5) is 0 Å². The van der Waals surface area contributed by atoms with Crippen LogP contribution in [-0.4, -0.2) is 8.42 Å². The van der Waals surface area contributed by atoms with E-state index in [-0.39, 0.29) is 5.75 Å². The molecule has 0 aromatic carbocycles. The molecule has 0 aliphatic heterocycles. The third-order valence-corrected chi connectivity index (χ3v) is 1.46. The van der Waals surface area contributed by atoms with E-state index in [0.717, 1.165) is 0 Å². The summed E-state index contributed by atoms with van der Waals surface area (Å²) in [6.07, 6.45) is 3.76. The van der Waals surface area contributed by atoms with Crippen LogP contribution in [0.15, 0.2) is 16.7 Å². The van der Waals surface area contributed by atoms with Crippen molar-refractivity contribution in [3.8, 4) is 0 Å². The van der Waals surface area contributed by atoms with Gasteiger partial charge < -0.3 is 4.42 Å². The molecule has 0 aliphatic rings. The lowest BCUT2D eigenvalue weighted by atomic mass is 10.4. The molecule has 0 aliphatic carbocycles. The van der Waals surface area contributed by atoms with Crippen molar-refractivity contribution in [2.24, 2.45) is 0 Å². The highest BCUT2D eigenvalue weighted by Gasteiger charge is 1.93. The highest BCUT2D eigenvalue weighted by Crippen LogP contribution is 1.99. The van der Waals surface area contributed by atoms with Gasteiger partial charge in [0.25, 0.3) is 0 Å². The first-order valence-electron chi connectivity index (χ1n) is 2.34. The standard InChI is InChI=1S/C5H5O3S/c6-9(7)4-5-1-2-8-3-5/h1,3,9H,4H2. The summed E-state index contributed by atoms with van der Waals surface area (Å²) in [5.74, 6) is 0.0440. The molecule has 3 nitrogen and oxygen atoms in total. The molecule has 9 heavy (non-hydrogen) atoms. The molecule has 0 fully saturated rings. The van der Waals surface area contributed by atoms with Gasteiger partial charge in [-0.15, -0.1) is 0 Å². The number of thiol groups is 1. The van der Waals surface area contributed by atoms with Gasteiger partial charge in [0, 0.05) is 5.56 Å². The lowest BCUT2D eigenvalue weighted by molar-refractivity contribution is 0.555. The normalized spacial score (nSPS) is 10.3. The quantitative estimate of drug-likeness (QED) is 0.604. The Morgan fingerprint density at radius 1 is 1.67 bits per heavy atom. The molecular formula is C5H5O3S. The molecule has 1 heterocycles. The third kappa shape index (κ3) is 1.89. The van der Waals surface area contributed by atoms with E-state index in [1.807, 2.05) is 0 Å². The molecule has 0 atom stereocenters. The maximum absolute atomic E-state index is 10.0. The molecule has 0 saturated heterocycles. The molecule has 0 N–H and O–H groups in total. The van der Waals surface area contributed by atoms with Crippen LogP contribution < -0.4 is 0 Å². The van der Waals surface area contributed by atoms with E-state index in [4.69, 9.17) is 0 Å². The molecular weight excluding hydrogens is 140 g/mol. The molecule has 4 heteroatoms. The third-order valence-electron chi connectivity index (χ3n) is 0.834. The Bertz CT molecular complexity index is 227. The largest absolute Gasteiger partial charge is 0.461 e. The van der Waals surface area contributed by atoms with Crippen molar-refractivity contribution in [2.75, 3.05) is 0 Å². The van der Waals surface area contributed by atoms with E-state index in [1.54, 1.807) is 0 Å². The van der Waals surface area contributed by atoms with E-state index in [2.05, 4.69) is 10.7 Å². The van der Waals surface area contributed by atoms with Crippen LogP contribution in [0, 0.1) is 6.26 Å². The second-order valence-electron chi connectivity index (χ2n) is 1.56. The van der Waals surface area contributed by atoms with Gasteiger partial charge in [-0.1, -0.05) is 0 Å². The van der Waals surface area contributed by atoms with Crippen molar-refractivity contribution >= 4 is 10.7 Å². The van der Waals surface area contributed by atoms with E-state index in [9.17, 15) is 8.42 Å². The van der Waals surface area contributed by atoms with Crippen LogP contribution in [0.25, 0.3) is 0 Å². The molecule has 0 bridgehead atoms. The van der Waals surface area contributed by atoms with Crippen molar-refractivity contribution in [3.63, 3.8) is 0 Å². The molecule has 1 rings (SSSR count). The summed E-state index contributed by atoms with van der Waals surface area (Å²) in [6, 6.07) is 1.51. The van der Waals surface area contributed by atoms with Crippen LogP contribution in [-0.2, 0) is 16.5 Å². The Kier molecular flexibility index (Phi) is 1.89. The van der Waals surface area contributed by atoms with Crippen molar-refractivity contribution in [2.45, 2.75) is 5.75 Å². The number of hydrogen-bond acceptors (Lipinski definition) is 3. The van der Waals surface area contributed by atoms with E-state index in [1.165, 1.54) is 12.3 Å². The molecule has 0 saturated carbocycles. The minimum absolute atomic E-state index is 0.0440. The second-order valence-corrected chi connectivity index (χ2v) is 2.55. The van der Waals surface area contributed by atoms with Gasteiger partial charge in [-0.25, -0.2) is 8.42 Å². The zero-order valence-electron chi connectivity index (χ0n) is 4.53. The molecule has 49 valence electrons. The van der Waals surface area contributed by atoms with E-state index < -0.39 is 10.7 Å². The topological polar surface area (TPSA) is 47.3 Å². The summed E-state index contributed by atoms with van der Waals surface area (Å²) in [5, 5.41) is 0. The fraction of sp³-hybridized carbons (Fsp3) is 0.200. The Morgan fingerprint density at radius 3 is 2.89 bits per heavy atom. The van der Waals surface area contributed by atoms with E-state index in [0.29, 0.717) is 5.56 Å². The average Bonchev–Trinajstić information content (AvgIpc) is 2.15. The number of furan rings is 1. The summed E-state index contributed by atoms with van der Waals surface area (Å²) in [6.45, 7) is 0. The minimum atomic E-state index is -2.33. The Hall–Kier alpha value is -0.770. The Balaban J connectivity index is 2.68. The molecule has 0 amide bonds. The molecule has 1 aromatic heterocycles. The molecule has 0 unspecified atom stereocenters. The van der Waals surface area contributed by atoms with Crippen LogP contribution in [0.1, 0.15) is 5.56 Å². The molecule has 0 spiro atoms. The highest BCUT2D eigenvalue weighted by atomic mass is 32.2. The highest BCUT2D eigenvalue weighted by molar-refractivity contribution is 7.71. The van der Waals surface area contributed by atoms with Crippen molar-refractivity contribution in [3.05, 3.63) is 24.2 Å². The van der Waals surface area contributed by atoms with Crippen molar-refractivity contribution in [1.29, 1.82) is 0 Å². The monoisotopic (exact) mass is 145 g/mol. The van der Waals surface area contributed by atoms with Crippen LogP contribution in [0.2, 0.25) is 0 Å². The maximum Gasteiger partial charge on any atom is 0.169 e. The minimum Gasteiger partial charge on any atom is -0.461 e. The maximum atomic E-state index is 10.0. The van der Waals surface area contributed by atoms with Crippen LogP contribution >= 0.6 is 0 Å². The first-order chi connectivity index (χ1) is 4.29. The summed E-state index contributed by atoms with van der Waals surface area (Å²) in [5.41, 5.74) is 0.645. The predicted molar refractivity (Wildman–Crippen MR) is 31.6 cm³/mol. The van der Waals surface area contributed by atoms with Gasteiger partial charge in [-0.2, -0.15) is 0 Å². The van der Waals surface area contributed by atoms with Gasteiger partial charge in [-0.3, -0.25) is 0 Å². The zero-order chi connectivity index (χ0) is 6.69. The summed E-state index contributed by atoms with van der Waals surface area (Å²) in [7, 11) is -2.33. The smallest absolute Gasteiger partial charge is 0.169 e. The lowest BCUT2D eigenvalue weighted by Crippen LogP contribution is -1.80.